The maximum atomic E-state index is 13.1. The number of aryl methyl sites for hydroxylation is 1. The number of carbonyl (C=O) groups excluding carboxylic acids is 1. The molecule has 2 aromatic rings. The molecule has 132 valence electrons. The molecular weight excluding hydrogens is 317 g/mol. The first-order chi connectivity index (χ1) is 12.1. The molecule has 0 spiro atoms. The maximum absolute atomic E-state index is 13.1. The second-order valence-corrected chi connectivity index (χ2v) is 7.45. The number of likely N-dealkylation sites (tertiary alicyclic amines) is 1. The minimum atomic E-state index is -0.222. The van der Waals surface area contributed by atoms with E-state index in [4.69, 9.17) is 0 Å². The SMILES string of the molecule is Cn1ccnc1C[C@@H]1CCCN(C(=O)[C@H]2C[C@@H]2c2ccc(F)cc2)C1. The summed E-state index contributed by atoms with van der Waals surface area (Å²) in [6, 6.07) is 6.60. The Labute approximate surface area is 147 Å². The number of rotatable bonds is 4. The first kappa shape index (κ1) is 16.3. The van der Waals surface area contributed by atoms with Gasteiger partial charge in [-0.3, -0.25) is 4.79 Å². The summed E-state index contributed by atoms with van der Waals surface area (Å²) in [7, 11) is 2.02. The van der Waals surface area contributed by atoms with Gasteiger partial charge < -0.3 is 9.47 Å². The number of aromatic nitrogens is 2. The van der Waals surface area contributed by atoms with Crippen LogP contribution in [-0.4, -0.2) is 33.4 Å². The molecule has 1 aromatic carbocycles. The van der Waals surface area contributed by atoms with E-state index in [9.17, 15) is 9.18 Å². The van der Waals surface area contributed by atoms with Crippen molar-refractivity contribution in [3.05, 3.63) is 53.9 Å². The van der Waals surface area contributed by atoms with E-state index in [0.717, 1.165) is 50.2 Å². The molecule has 1 saturated carbocycles. The zero-order valence-corrected chi connectivity index (χ0v) is 14.6. The van der Waals surface area contributed by atoms with Crippen molar-refractivity contribution in [1.29, 1.82) is 0 Å². The maximum Gasteiger partial charge on any atom is 0.226 e. The predicted octanol–water partition coefficient (Wildman–Crippen LogP) is 3.14. The highest BCUT2D eigenvalue weighted by Crippen LogP contribution is 2.48. The van der Waals surface area contributed by atoms with Gasteiger partial charge in [-0.25, -0.2) is 9.37 Å². The number of halogens is 1. The van der Waals surface area contributed by atoms with Crippen LogP contribution in [0.4, 0.5) is 4.39 Å². The lowest BCUT2D eigenvalue weighted by Gasteiger charge is -2.33. The molecule has 1 aliphatic heterocycles. The Balaban J connectivity index is 1.36. The molecule has 1 aliphatic carbocycles. The van der Waals surface area contributed by atoms with Gasteiger partial charge in [0.2, 0.25) is 5.91 Å². The molecule has 1 amide bonds. The normalized spacial score (nSPS) is 25.8. The van der Waals surface area contributed by atoms with Crippen molar-refractivity contribution in [3.8, 4) is 0 Å². The van der Waals surface area contributed by atoms with Crippen LogP contribution in [0.1, 0.15) is 36.6 Å². The lowest BCUT2D eigenvalue weighted by molar-refractivity contribution is -0.134. The highest BCUT2D eigenvalue weighted by Gasteiger charge is 2.46. The summed E-state index contributed by atoms with van der Waals surface area (Å²) in [6.07, 6.45) is 7.85. The lowest BCUT2D eigenvalue weighted by Crippen LogP contribution is -2.41. The van der Waals surface area contributed by atoms with Gasteiger partial charge in [0, 0.05) is 44.9 Å². The minimum absolute atomic E-state index is 0.0809. The number of amides is 1. The number of carbonyl (C=O) groups is 1. The van der Waals surface area contributed by atoms with Crippen molar-refractivity contribution in [2.24, 2.45) is 18.9 Å². The van der Waals surface area contributed by atoms with E-state index in [-0.39, 0.29) is 23.6 Å². The molecule has 2 fully saturated rings. The van der Waals surface area contributed by atoms with Gasteiger partial charge in [-0.2, -0.15) is 0 Å². The van der Waals surface area contributed by atoms with Crippen LogP contribution in [0.25, 0.3) is 0 Å². The first-order valence-corrected chi connectivity index (χ1v) is 9.12. The van der Waals surface area contributed by atoms with Gasteiger partial charge in [0.1, 0.15) is 11.6 Å². The molecular formula is C20H24FN3O. The molecule has 2 aliphatic rings. The Morgan fingerprint density at radius 1 is 1.32 bits per heavy atom. The van der Waals surface area contributed by atoms with E-state index >= 15 is 0 Å². The second kappa shape index (κ2) is 6.62. The van der Waals surface area contributed by atoms with Gasteiger partial charge in [-0.05, 0) is 48.8 Å². The van der Waals surface area contributed by atoms with Crippen molar-refractivity contribution in [2.75, 3.05) is 13.1 Å². The first-order valence-electron chi connectivity index (χ1n) is 9.12. The largest absolute Gasteiger partial charge is 0.342 e. The standard InChI is InChI=1S/C20H24FN3O/c1-23-10-8-22-19(23)11-14-3-2-9-24(13-14)20(25)18-12-17(18)15-4-6-16(21)7-5-15/h4-8,10,14,17-18H,2-3,9,11-13H2,1H3/t14-,17+,18-/m0/s1. The molecule has 1 saturated heterocycles. The summed E-state index contributed by atoms with van der Waals surface area (Å²) >= 11 is 0. The fourth-order valence-electron chi connectivity index (χ4n) is 4.06. The summed E-state index contributed by atoms with van der Waals surface area (Å²) < 4.78 is 15.1. The number of hydrogen-bond donors (Lipinski definition) is 0. The van der Waals surface area contributed by atoms with Crippen LogP contribution in [0.2, 0.25) is 0 Å². The third-order valence-corrected chi connectivity index (χ3v) is 5.63. The van der Waals surface area contributed by atoms with Crippen LogP contribution in [-0.2, 0) is 18.3 Å². The molecule has 5 heteroatoms. The van der Waals surface area contributed by atoms with Gasteiger partial charge in [-0.15, -0.1) is 0 Å². The van der Waals surface area contributed by atoms with Crippen LogP contribution in [0.3, 0.4) is 0 Å². The molecule has 2 heterocycles. The average molecular weight is 341 g/mol. The summed E-state index contributed by atoms with van der Waals surface area (Å²) in [6.45, 7) is 1.70. The monoisotopic (exact) mass is 341 g/mol. The Morgan fingerprint density at radius 3 is 2.84 bits per heavy atom. The average Bonchev–Trinajstić information content (AvgIpc) is 3.32. The van der Waals surface area contributed by atoms with Gasteiger partial charge >= 0.3 is 0 Å². The highest BCUT2D eigenvalue weighted by atomic mass is 19.1. The third-order valence-electron chi connectivity index (χ3n) is 5.63. The molecule has 4 rings (SSSR count). The summed E-state index contributed by atoms with van der Waals surface area (Å²) in [5, 5.41) is 0. The third kappa shape index (κ3) is 3.46. The number of benzene rings is 1. The van der Waals surface area contributed by atoms with E-state index in [2.05, 4.69) is 9.55 Å². The van der Waals surface area contributed by atoms with Gasteiger partial charge in [0.05, 0.1) is 0 Å². The molecule has 4 nitrogen and oxygen atoms in total. The minimum Gasteiger partial charge on any atom is -0.342 e. The van der Waals surface area contributed by atoms with Crippen molar-refractivity contribution < 1.29 is 9.18 Å². The fraction of sp³-hybridized carbons (Fsp3) is 0.500. The summed E-state index contributed by atoms with van der Waals surface area (Å²) in [5.74, 6) is 1.98. The van der Waals surface area contributed by atoms with Crippen LogP contribution in [0.5, 0.6) is 0 Å². The molecule has 1 aromatic heterocycles. The Morgan fingerprint density at radius 2 is 2.12 bits per heavy atom. The number of piperidine rings is 1. The van der Waals surface area contributed by atoms with Gasteiger partial charge in [0.25, 0.3) is 0 Å². The molecule has 0 bridgehead atoms. The Kier molecular flexibility index (Phi) is 4.32. The van der Waals surface area contributed by atoms with E-state index < -0.39 is 0 Å². The van der Waals surface area contributed by atoms with Gasteiger partial charge in [0.15, 0.2) is 0 Å². The Hall–Kier alpha value is -2.17. The molecule has 0 radical (unpaired) electrons. The molecule has 0 unspecified atom stereocenters. The zero-order chi connectivity index (χ0) is 17.4. The predicted molar refractivity (Wildman–Crippen MR) is 93.5 cm³/mol. The number of imidazole rings is 1. The van der Waals surface area contributed by atoms with E-state index in [1.165, 1.54) is 12.1 Å². The van der Waals surface area contributed by atoms with Crippen molar-refractivity contribution in [1.82, 2.24) is 14.5 Å². The Bertz CT molecular complexity index is 755. The van der Waals surface area contributed by atoms with E-state index in [0.29, 0.717) is 5.92 Å². The zero-order valence-electron chi connectivity index (χ0n) is 14.6. The van der Waals surface area contributed by atoms with Crippen molar-refractivity contribution >= 4 is 5.91 Å². The topological polar surface area (TPSA) is 38.1 Å². The lowest BCUT2D eigenvalue weighted by atomic mass is 9.94. The highest BCUT2D eigenvalue weighted by molar-refractivity contribution is 5.83. The van der Waals surface area contributed by atoms with Crippen LogP contribution in [0.15, 0.2) is 36.7 Å². The van der Waals surface area contributed by atoms with Crippen molar-refractivity contribution in [3.63, 3.8) is 0 Å². The van der Waals surface area contributed by atoms with Crippen LogP contribution in [0, 0.1) is 17.7 Å². The van der Waals surface area contributed by atoms with Crippen LogP contribution >= 0.6 is 0 Å². The molecule has 3 atom stereocenters. The smallest absolute Gasteiger partial charge is 0.226 e. The quantitative estimate of drug-likeness (QED) is 0.857. The number of hydrogen-bond acceptors (Lipinski definition) is 2. The summed E-state index contributed by atoms with van der Waals surface area (Å²) in [5.41, 5.74) is 1.08. The van der Waals surface area contributed by atoms with E-state index in [1.807, 2.05) is 36.5 Å². The van der Waals surface area contributed by atoms with Crippen LogP contribution < -0.4 is 0 Å². The second-order valence-electron chi connectivity index (χ2n) is 7.45. The number of nitrogens with zero attached hydrogens (tertiary/aromatic N) is 3. The van der Waals surface area contributed by atoms with E-state index in [1.54, 1.807) is 0 Å². The molecule has 0 N–H and O–H groups in total. The van der Waals surface area contributed by atoms with Crippen molar-refractivity contribution in [2.45, 2.75) is 31.6 Å². The summed E-state index contributed by atoms with van der Waals surface area (Å²) in [4.78, 5) is 19.3. The fourth-order valence-corrected chi connectivity index (χ4v) is 4.06. The van der Waals surface area contributed by atoms with Gasteiger partial charge in [-0.1, -0.05) is 12.1 Å². The molecule has 25 heavy (non-hydrogen) atoms.